The van der Waals surface area contributed by atoms with Crippen molar-refractivity contribution in [1.29, 1.82) is 5.26 Å². The average Bonchev–Trinajstić information content (AvgIpc) is 2.54. The number of piperazine rings is 1. The van der Waals surface area contributed by atoms with Crippen LogP contribution in [0.2, 0.25) is 0 Å². The van der Waals surface area contributed by atoms with Gasteiger partial charge in [0.15, 0.2) is 0 Å². The van der Waals surface area contributed by atoms with Gasteiger partial charge < -0.3 is 5.73 Å². The molecule has 1 aromatic carbocycles. The summed E-state index contributed by atoms with van der Waals surface area (Å²) in [6.45, 7) is 3.09. The Morgan fingerprint density at radius 1 is 1.27 bits per heavy atom. The topological polar surface area (TPSA) is 108 Å². The van der Waals surface area contributed by atoms with Crippen molar-refractivity contribution < 1.29 is 13.2 Å². The number of carbonyl (C=O) groups excluding carboxylic acids is 1. The molecule has 0 radical (unpaired) electrons. The van der Waals surface area contributed by atoms with Gasteiger partial charge in [0.05, 0.1) is 16.5 Å². The Morgan fingerprint density at radius 2 is 1.86 bits per heavy atom. The molecule has 1 heterocycles. The van der Waals surface area contributed by atoms with E-state index < -0.39 is 22.0 Å². The van der Waals surface area contributed by atoms with Gasteiger partial charge in [-0.2, -0.15) is 9.57 Å². The Morgan fingerprint density at radius 3 is 2.41 bits per heavy atom. The minimum Gasteiger partial charge on any atom is -0.368 e. The van der Waals surface area contributed by atoms with E-state index in [4.69, 9.17) is 11.0 Å². The highest BCUT2D eigenvalue weighted by molar-refractivity contribution is 7.89. The zero-order chi connectivity index (χ0) is 16.3. The lowest BCUT2D eigenvalue weighted by Crippen LogP contribution is -2.54. The highest BCUT2D eigenvalue weighted by atomic mass is 32.2. The number of hydrogen-bond donors (Lipinski definition) is 1. The van der Waals surface area contributed by atoms with Gasteiger partial charge in [0.2, 0.25) is 15.9 Å². The summed E-state index contributed by atoms with van der Waals surface area (Å²) in [5, 5.41) is 9.06. The van der Waals surface area contributed by atoms with Crippen molar-refractivity contribution in [2.45, 2.75) is 17.9 Å². The van der Waals surface area contributed by atoms with Gasteiger partial charge in [-0.3, -0.25) is 9.69 Å². The predicted molar refractivity (Wildman–Crippen MR) is 80.1 cm³/mol. The van der Waals surface area contributed by atoms with Crippen LogP contribution in [0.5, 0.6) is 0 Å². The number of primary amides is 1. The standard InChI is InChI=1S/C14H18N4O3S/c1-11(14(16)19)17-6-8-18(9-7-17)22(20,21)13-5-3-2-4-12(13)10-15/h2-5,11H,6-9H2,1H3,(H2,16,19). The molecule has 0 bridgehead atoms. The summed E-state index contributed by atoms with van der Waals surface area (Å²) < 4.78 is 26.6. The fourth-order valence-electron chi connectivity index (χ4n) is 2.43. The smallest absolute Gasteiger partial charge is 0.244 e. The fourth-order valence-corrected chi connectivity index (χ4v) is 4.00. The fraction of sp³-hybridized carbons (Fsp3) is 0.429. The number of carbonyl (C=O) groups is 1. The molecule has 0 aromatic heterocycles. The summed E-state index contributed by atoms with van der Waals surface area (Å²) >= 11 is 0. The second-order valence-corrected chi connectivity index (χ2v) is 7.03. The van der Waals surface area contributed by atoms with Crippen molar-refractivity contribution in [3.8, 4) is 6.07 Å². The number of nitrogens with two attached hydrogens (primary N) is 1. The number of amides is 1. The molecular formula is C14H18N4O3S. The van der Waals surface area contributed by atoms with E-state index in [1.54, 1.807) is 19.1 Å². The molecule has 2 rings (SSSR count). The molecule has 1 saturated heterocycles. The van der Waals surface area contributed by atoms with Crippen molar-refractivity contribution in [1.82, 2.24) is 9.21 Å². The molecule has 1 amide bonds. The van der Waals surface area contributed by atoms with Gasteiger partial charge in [-0.15, -0.1) is 0 Å². The van der Waals surface area contributed by atoms with Crippen LogP contribution < -0.4 is 5.73 Å². The molecule has 0 aliphatic carbocycles. The first-order valence-electron chi connectivity index (χ1n) is 6.90. The largest absolute Gasteiger partial charge is 0.368 e. The van der Waals surface area contributed by atoms with Crippen LogP contribution in [-0.2, 0) is 14.8 Å². The number of sulfonamides is 1. The lowest BCUT2D eigenvalue weighted by Gasteiger charge is -2.36. The van der Waals surface area contributed by atoms with Gasteiger partial charge in [0.25, 0.3) is 0 Å². The highest BCUT2D eigenvalue weighted by Crippen LogP contribution is 2.21. The highest BCUT2D eigenvalue weighted by Gasteiger charge is 2.32. The van der Waals surface area contributed by atoms with Crippen LogP contribution in [0.4, 0.5) is 0 Å². The molecule has 22 heavy (non-hydrogen) atoms. The van der Waals surface area contributed by atoms with Crippen molar-refractivity contribution in [3.63, 3.8) is 0 Å². The van der Waals surface area contributed by atoms with Crippen LogP contribution in [0.25, 0.3) is 0 Å². The van der Waals surface area contributed by atoms with Crippen LogP contribution in [0.3, 0.4) is 0 Å². The quantitative estimate of drug-likeness (QED) is 0.821. The molecule has 7 nitrogen and oxygen atoms in total. The van der Waals surface area contributed by atoms with E-state index in [9.17, 15) is 13.2 Å². The average molecular weight is 322 g/mol. The number of nitriles is 1. The van der Waals surface area contributed by atoms with Gasteiger partial charge in [0, 0.05) is 26.2 Å². The molecule has 1 atom stereocenters. The van der Waals surface area contributed by atoms with Crippen LogP contribution >= 0.6 is 0 Å². The molecule has 0 saturated carbocycles. The van der Waals surface area contributed by atoms with Crippen molar-refractivity contribution >= 4 is 15.9 Å². The van der Waals surface area contributed by atoms with E-state index in [0.29, 0.717) is 13.1 Å². The van der Waals surface area contributed by atoms with Crippen LogP contribution in [-0.4, -0.2) is 55.8 Å². The number of benzene rings is 1. The van der Waals surface area contributed by atoms with E-state index >= 15 is 0 Å². The monoisotopic (exact) mass is 322 g/mol. The second-order valence-electron chi connectivity index (χ2n) is 5.13. The minimum absolute atomic E-state index is 0.0221. The first kappa shape index (κ1) is 16.4. The molecule has 118 valence electrons. The first-order valence-corrected chi connectivity index (χ1v) is 8.34. The lowest BCUT2D eigenvalue weighted by molar-refractivity contribution is -0.123. The summed E-state index contributed by atoms with van der Waals surface area (Å²) in [4.78, 5) is 13.1. The molecule has 0 spiro atoms. The molecule has 1 fully saturated rings. The van der Waals surface area contributed by atoms with Crippen LogP contribution in [0, 0.1) is 11.3 Å². The molecule has 1 unspecified atom stereocenters. The molecule has 1 aliphatic rings. The van der Waals surface area contributed by atoms with Gasteiger partial charge >= 0.3 is 0 Å². The lowest BCUT2D eigenvalue weighted by atomic mass is 10.2. The predicted octanol–water partition coefficient (Wildman–Crippen LogP) is -0.262. The van der Waals surface area contributed by atoms with Gasteiger partial charge in [0.1, 0.15) is 6.07 Å². The number of nitrogens with zero attached hydrogens (tertiary/aromatic N) is 3. The maximum atomic E-state index is 12.6. The van der Waals surface area contributed by atoms with E-state index in [0.717, 1.165) is 0 Å². The van der Waals surface area contributed by atoms with Gasteiger partial charge in [-0.1, -0.05) is 12.1 Å². The van der Waals surface area contributed by atoms with Crippen LogP contribution in [0.1, 0.15) is 12.5 Å². The Bertz CT molecular complexity index is 703. The normalized spacial score (nSPS) is 18.5. The third kappa shape index (κ3) is 3.11. The van der Waals surface area contributed by atoms with Crippen molar-refractivity contribution in [3.05, 3.63) is 29.8 Å². The molecular weight excluding hydrogens is 304 g/mol. The minimum atomic E-state index is -3.71. The zero-order valence-corrected chi connectivity index (χ0v) is 13.1. The Balaban J connectivity index is 2.17. The summed E-state index contributed by atoms with van der Waals surface area (Å²) in [5.41, 5.74) is 5.40. The SMILES string of the molecule is CC(C(N)=O)N1CCN(S(=O)(=O)c2ccccc2C#N)CC1. The van der Waals surface area contributed by atoms with E-state index in [2.05, 4.69) is 0 Å². The third-order valence-corrected chi connectivity index (χ3v) is 5.81. The molecule has 1 aliphatic heterocycles. The Hall–Kier alpha value is -1.95. The molecule has 1 aromatic rings. The van der Waals surface area contributed by atoms with Crippen molar-refractivity contribution in [2.75, 3.05) is 26.2 Å². The van der Waals surface area contributed by atoms with Gasteiger partial charge in [-0.05, 0) is 19.1 Å². The Labute approximate surface area is 130 Å². The van der Waals surface area contributed by atoms with Crippen molar-refractivity contribution in [2.24, 2.45) is 5.73 Å². The van der Waals surface area contributed by atoms with E-state index in [-0.39, 0.29) is 23.5 Å². The summed E-state index contributed by atoms with van der Waals surface area (Å²) in [6.07, 6.45) is 0. The molecule has 8 heteroatoms. The van der Waals surface area contributed by atoms with E-state index in [1.165, 1.54) is 16.4 Å². The second kappa shape index (κ2) is 6.44. The van der Waals surface area contributed by atoms with Gasteiger partial charge in [-0.25, -0.2) is 8.42 Å². The van der Waals surface area contributed by atoms with Crippen LogP contribution in [0.15, 0.2) is 29.2 Å². The molecule has 2 N–H and O–H groups in total. The summed E-state index contributed by atoms with van der Waals surface area (Å²) in [7, 11) is -3.71. The third-order valence-electron chi connectivity index (χ3n) is 3.86. The first-order chi connectivity index (χ1) is 10.4. The number of rotatable bonds is 4. The van der Waals surface area contributed by atoms with E-state index in [1.807, 2.05) is 11.0 Å². The maximum absolute atomic E-state index is 12.6. The zero-order valence-electron chi connectivity index (χ0n) is 12.3. The summed E-state index contributed by atoms with van der Waals surface area (Å²) in [6, 6.07) is 7.63. The Kier molecular flexibility index (Phi) is 4.81. The summed E-state index contributed by atoms with van der Waals surface area (Å²) in [5.74, 6) is -0.425. The number of hydrogen-bond acceptors (Lipinski definition) is 5. The maximum Gasteiger partial charge on any atom is 0.244 e.